The Bertz CT molecular complexity index is 6240. The molecule has 0 amide bonds. The second kappa shape index (κ2) is 22.5. The van der Waals surface area contributed by atoms with Gasteiger partial charge in [0.25, 0.3) is 6.71 Å². The quantitative estimate of drug-likeness (QED) is 0.111. The van der Waals surface area contributed by atoms with Crippen LogP contribution >= 0.6 is 22.6 Å². The Morgan fingerprint density at radius 1 is 0.333 bits per heavy atom. The van der Waals surface area contributed by atoms with E-state index in [2.05, 4.69) is 86.6 Å². The van der Waals surface area contributed by atoms with Crippen LogP contribution in [0.4, 0.5) is 34.1 Å². The van der Waals surface area contributed by atoms with Crippen LogP contribution in [0.2, 0.25) is 0 Å². The standard InChI is InChI=1S/C90H74BIN4/c1-88(2,3)61-48-70(57-30-14-10-15-31-57)86(71(49-61)58-32-16-11-17-33-58)95-80-55-64(93-76-42-26-22-38-66(76)67-39-23-27-43-77(67)93)46-47-74(80)91-84-75(92)54-65(94-78-44-28-24-40-68(78)69-41-25-29-45-79(69)94)56-83(84)96(82-53-63(90(7,8)9)52-81(95)85(82)91)87-72(59-34-18-12-19-35-59)50-62(89(4,5)6)51-73(87)60-36-20-13-21-37-60/h10-56H,1-9H3/i22D,23D,24D,25D,26D,27D,28D,29D,38D,39D,40D,41D,42D,43D,44D,45D,46D,47D,54D,55D,56D. The molecule has 2 aromatic heterocycles. The summed E-state index contributed by atoms with van der Waals surface area (Å²) in [6, 6.07) is 37.7. The molecular weight excluding hydrogens is 1270 g/mol. The van der Waals surface area contributed by atoms with Crippen molar-refractivity contribution in [3.05, 3.63) is 305 Å². The first kappa shape index (κ1) is 41.0. The molecule has 0 spiro atoms. The fourth-order valence-corrected chi connectivity index (χ4v) is 14.9. The molecule has 17 rings (SSSR count). The minimum atomic E-state index is -1.45. The number of hydrogen-bond donors (Lipinski definition) is 0. The number of hydrogen-bond acceptors (Lipinski definition) is 2. The first-order valence-electron chi connectivity index (χ1n) is 42.6. The molecule has 0 N–H and O–H groups in total. The Balaban J connectivity index is 1.17. The van der Waals surface area contributed by atoms with E-state index in [9.17, 15) is 23.3 Å². The SMILES string of the molecule is [2H]c1c([2H])c(-n2c3c([2H])c([2H])c([2H])c([2H])c3c3c([2H])c([2H])c([2H])c([2H])c32)c([2H])c2c1B1c3c(cc(C(C)(C)C)cc3N(c3c(-c4ccccc4)cc(C(C)(C)C)cc3-c3ccccc3)c3c([2H])c(-n4c5c([2H])c([2H])c([2H])c([2H])c5c5c([2H])c([2H])c([2H])c([2H])c54)c([2H])c(I)c31)N2c1c(-c2ccccc2)cc(C(C)(C)C)cc1-c1ccccc1. The molecule has 0 radical (unpaired) electrons. The highest BCUT2D eigenvalue weighted by molar-refractivity contribution is 14.1. The summed E-state index contributed by atoms with van der Waals surface area (Å²) in [4.78, 5) is 3.95. The predicted octanol–water partition coefficient (Wildman–Crippen LogP) is 23.1. The molecule has 0 saturated heterocycles. The van der Waals surface area contributed by atoms with Crippen LogP contribution in [-0.2, 0) is 16.2 Å². The first-order valence-corrected chi connectivity index (χ1v) is 33.2. The summed E-state index contributed by atoms with van der Waals surface area (Å²) < 4.78 is 211. The summed E-state index contributed by atoms with van der Waals surface area (Å²) in [5.74, 6) is 0. The number of anilines is 6. The van der Waals surface area contributed by atoms with Gasteiger partial charge in [0.1, 0.15) is 0 Å². The fourth-order valence-electron chi connectivity index (χ4n) is 14.0. The topological polar surface area (TPSA) is 16.3 Å². The summed E-state index contributed by atoms with van der Waals surface area (Å²) in [7, 11) is 0. The van der Waals surface area contributed by atoms with E-state index in [1.54, 1.807) is 0 Å². The number of nitrogens with zero attached hydrogens (tertiary/aromatic N) is 4. The van der Waals surface area contributed by atoms with Gasteiger partial charge in [-0.15, -0.1) is 0 Å². The van der Waals surface area contributed by atoms with Gasteiger partial charge in [0.15, 0.2) is 0 Å². The van der Waals surface area contributed by atoms with Crippen LogP contribution in [0, 0.1) is 3.57 Å². The van der Waals surface area contributed by atoms with Crippen LogP contribution in [0.5, 0.6) is 0 Å². The average Bonchev–Trinajstić information content (AvgIpc) is 1.65. The van der Waals surface area contributed by atoms with E-state index in [0.717, 1.165) is 37.9 Å². The lowest BCUT2D eigenvalue weighted by Gasteiger charge is -2.47. The average molecular weight is 1370 g/mol. The van der Waals surface area contributed by atoms with E-state index < -0.39 is 167 Å². The summed E-state index contributed by atoms with van der Waals surface area (Å²) in [5, 5.41) is -1.22. The van der Waals surface area contributed by atoms with E-state index >= 15 is 0 Å². The molecule has 0 bridgehead atoms. The monoisotopic (exact) mass is 1370 g/mol. The van der Waals surface area contributed by atoms with E-state index in [1.165, 1.54) is 4.57 Å². The lowest BCUT2D eigenvalue weighted by atomic mass is 9.33. The normalized spacial score (nSPS) is 16.1. The third-order valence-electron chi connectivity index (χ3n) is 18.8. The van der Waals surface area contributed by atoms with Crippen molar-refractivity contribution in [3.8, 4) is 55.9 Å². The van der Waals surface area contributed by atoms with Crippen molar-refractivity contribution in [1.82, 2.24) is 9.13 Å². The number of para-hydroxylation sites is 4. The van der Waals surface area contributed by atoms with E-state index in [0.29, 0.717) is 56.0 Å². The maximum absolute atomic E-state index is 11.8. The smallest absolute Gasteiger partial charge is 0.253 e. The van der Waals surface area contributed by atoms with Gasteiger partial charge in [0.05, 0.1) is 62.2 Å². The van der Waals surface area contributed by atoms with Gasteiger partial charge in [-0.25, -0.2) is 0 Å². The minimum Gasteiger partial charge on any atom is -0.310 e. The van der Waals surface area contributed by atoms with Crippen molar-refractivity contribution in [2.45, 2.75) is 78.6 Å². The molecule has 0 saturated carbocycles. The molecule has 464 valence electrons. The van der Waals surface area contributed by atoms with Crippen molar-refractivity contribution < 1.29 is 28.8 Å². The van der Waals surface area contributed by atoms with Gasteiger partial charge in [-0.3, -0.25) is 0 Å². The second-order valence-electron chi connectivity index (χ2n) is 27.8. The van der Waals surface area contributed by atoms with Crippen molar-refractivity contribution in [2.75, 3.05) is 9.80 Å². The zero-order valence-electron chi connectivity index (χ0n) is 75.3. The fraction of sp³-hybridized carbons (Fsp3) is 0.133. The summed E-state index contributed by atoms with van der Waals surface area (Å²) >= 11 is 2.05. The first-order chi connectivity index (χ1) is 55.2. The number of aromatic nitrogens is 2. The third kappa shape index (κ3) is 9.60. The van der Waals surface area contributed by atoms with Gasteiger partial charge in [-0.2, -0.15) is 0 Å². The minimum absolute atomic E-state index is 0.0225. The predicted molar refractivity (Wildman–Crippen MR) is 420 cm³/mol. The number of halogens is 1. The molecule has 2 aliphatic rings. The van der Waals surface area contributed by atoms with Crippen molar-refractivity contribution in [1.29, 1.82) is 0 Å². The highest BCUT2D eigenvalue weighted by Gasteiger charge is 2.47. The largest absolute Gasteiger partial charge is 0.310 e. The molecule has 0 atom stereocenters. The Labute approximate surface area is 607 Å². The van der Waals surface area contributed by atoms with Crippen LogP contribution in [0.3, 0.4) is 0 Å². The second-order valence-corrected chi connectivity index (χ2v) is 28.9. The van der Waals surface area contributed by atoms with Crippen LogP contribution < -0.4 is 26.2 Å². The molecule has 4 nitrogen and oxygen atoms in total. The number of benzene rings is 13. The Morgan fingerprint density at radius 3 is 1.02 bits per heavy atom. The Kier molecular flexibility index (Phi) is 9.60. The molecule has 2 aliphatic heterocycles. The molecule has 6 heteroatoms. The van der Waals surface area contributed by atoms with Gasteiger partial charge in [0.2, 0.25) is 0 Å². The van der Waals surface area contributed by atoms with Gasteiger partial charge in [0, 0.05) is 81.5 Å². The molecular formula is C90H74BIN4. The maximum Gasteiger partial charge on any atom is 0.253 e. The molecule has 13 aromatic carbocycles. The van der Waals surface area contributed by atoms with Gasteiger partial charge in [-0.1, -0.05) is 262 Å². The van der Waals surface area contributed by atoms with Crippen LogP contribution in [0.25, 0.3) is 99.5 Å². The zero-order chi connectivity index (χ0) is 83.8. The van der Waals surface area contributed by atoms with Crippen LogP contribution in [-0.4, -0.2) is 15.8 Å². The van der Waals surface area contributed by atoms with Crippen LogP contribution in [0.1, 0.15) is 108 Å². The van der Waals surface area contributed by atoms with Crippen LogP contribution in [0.15, 0.2) is 285 Å². The molecule has 4 heterocycles. The molecule has 96 heavy (non-hydrogen) atoms. The molecule has 0 fully saturated rings. The third-order valence-corrected chi connectivity index (χ3v) is 19.7. The zero-order valence-corrected chi connectivity index (χ0v) is 56.4. The molecule has 0 aliphatic carbocycles. The molecule has 15 aromatic rings. The Morgan fingerprint density at radius 2 is 0.656 bits per heavy atom. The number of fused-ring (bicyclic) bond motifs is 10. The number of rotatable bonds is 8. The van der Waals surface area contributed by atoms with E-state index in [-0.39, 0.29) is 64.1 Å². The summed E-state index contributed by atoms with van der Waals surface area (Å²) in [6.07, 6.45) is 0. The molecule has 0 unspecified atom stereocenters. The summed E-state index contributed by atoms with van der Waals surface area (Å²) in [5.41, 5.74) is 6.01. The van der Waals surface area contributed by atoms with Gasteiger partial charge in [-0.05, 0) is 179 Å². The van der Waals surface area contributed by atoms with Gasteiger partial charge < -0.3 is 18.9 Å². The highest BCUT2D eigenvalue weighted by atomic mass is 127. The lowest BCUT2D eigenvalue weighted by molar-refractivity contribution is 0.590. The highest BCUT2D eigenvalue weighted by Crippen LogP contribution is 2.56. The van der Waals surface area contributed by atoms with E-state index in [4.69, 9.17) is 5.48 Å². The maximum atomic E-state index is 11.8. The van der Waals surface area contributed by atoms with E-state index in [1.807, 2.05) is 166 Å². The van der Waals surface area contributed by atoms with Crippen molar-refractivity contribution in [3.63, 3.8) is 0 Å². The lowest BCUT2D eigenvalue weighted by Crippen LogP contribution is -2.62. The summed E-state index contributed by atoms with van der Waals surface area (Å²) in [6.45, 7) is 17.4. The van der Waals surface area contributed by atoms with Gasteiger partial charge >= 0.3 is 0 Å². The Hall–Kier alpha value is -10.1. The van der Waals surface area contributed by atoms with Crippen molar-refractivity contribution in [2.24, 2.45) is 0 Å². The van der Waals surface area contributed by atoms with Crippen molar-refractivity contribution >= 4 is 123 Å².